The van der Waals surface area contributed by atoms with Crippen LogP contribution < -0.4 is 5.32 Å². The summed E-state index contributed by atoms with van der Waals surface area (Å²) < 4.78 is 1.75. The van der Waals surface area contributed by atoms with Gasteiger partial charge in [0.25, 0.3) is 5.78 Å². The van der Waals surface area contributed by atoms with Gasteiger partial charge in [0.05, 0.1) is 6.04 Å². The Kier molecular flexibility index (Phi) is 6.01. The molecule has 2 heterocycles. The van der Waals surface area contributed by atoms with Gasteiger partial charge in [-0.15, -0.1) is 5.10 Å². The zero-order valence-corrected chi connectivity index (χ0v) is 17.4. The maximum Gasteiger partial charge on any atom is 0.253 e. The molecule has 3 rings (SSSR count). The highest BCUT2D eigenvalue weighted by molar-refractivity contribution is 7.98. The molecule has 0 bridgehead atoms. The highest BCUT2D eigenvalue weighted by atomic mass is 35.5. The molecule has 142 valence electrons. The second kappa shape index (κ2) is 8.27. The normalized spacial score (nSPS) is 12.3. The molecule has 1 N–H and O–H groups in total. The Balaban J connectivity index is 1.68. The third-order valence-corrected chi connectivity index (χ3v) is 5.35. The molecule has 8 heteroatoms. The van der Waals surface area contributed by atoms with E-state index in [1.807, 2.05) is 51.3 Å². The lowest BCUT2D eigenvalue weighted by molar-refractivity contribution is -0.121. The molecular formula is C19H22ClN5OS. The van der Waals surface area contributed by atoms with Gasteiger partial charge in [0, 0.05) is 22.8 Å². The molecule has 27 heavy (non-hydrogen) atoms. The number of halogens is 1. The molecule has 0 radical (unpaired) electrons. The first-order chi connectivity index (χ1) is 12.9. The Hall–Kier alpha value is -2.12. The monoisotopic (exact) mass is 403 g/mol. The summed E-state index contributed by atoms with van der Waals surface area (Å²) in [7, 11) is 0. The van der Waals surface area contributed by atoms with Crippen LogP contribution in [-0.2, 0) is 11.2 Å². The lowest BCUT2D eigenvalue weighted by Gasteiger charge is -2.15. The number of aromatic nitrogens is 4. The van der Waals surface area contributed by atoms with Crippen molar-refractivity contribution < 1.29 is 4.79 Å². The molecule has 6 nitrogen and oxygen atoms in total. The van der Waals surface area contributed by atoms with Crippen molar-refractivity contribution in [2.24, 2.45) is 0 Å². The first-order valence-electron chi connectivity index (χ1n) is 8.70. The smallest absolute Gasteiger partial charge is 0.253 e. The van der Waals surface area contributed by atoms with Crippen molar-refractivity contribution in [1.82, 2.24) is 24.9 Å². The van der Waals surface area contributed by atoms with E-state index in [0.29, 0.717) is 28.8 Å². The van der Waals surface area contributed by atoms with E-state index in [0.717, 1.165) is 22.5 Å². The minimum Gasteiger partial charge on any atom is -0.350 e. The van der Waals surface area contributed by atoms with Gasteiger partial charge < -0.3 is 5.32 Å². The van der Waals surface area contributed by atoms with Crippen LogP contribution in [0.2, 0.25) is 5.02 Å². The minimum absolute atomic E-state index is 0.000241. The first-order valence-corrected chi connectivity index (χ1v) is 10.3. The second-order valence-corrected chi connectivity index (χ2v) is 7.62. The number of benzene rings is 1. The molecular weight excluding hydrogens is 382 g/mol. The number of nitrogens with zero attached hydrogens (tertiary/aromatic N) is 4. The zero-order valence-electron chi connectivity index (χ0n) is 15.8. The predicted octanol–water partition coefficient (Wildman–Crippen LogP) is 3.93. The summed E-state index contributed by atoms with van der Waals surface area (Å²) in [5.74, 6) is 0.596. The lowest BCUT2D eigenvalue weighted by Crippen LogP contribution is -2.27. The third kappa shape index (κ3) is 4.42. The van der Waals surface area contributed by atoms with Crippen molar-refractivity contribution in [3.63, 3.8) is 0 Å². The molecule has 0 aliphatic heterocycles. The SMILES string of the molecule is CSc1nc2nc(C)c(CCC(=O)NC(C)c3ccc(Cl)cc3)c(C)n2n1. The van der Waals surface area contributed by atoms with E-state index in [1.54, 1.807) is 4.52 Å². The highest BCUT2D eigenvalue weighted by Gasteiger charge is 2.15. The second-order valence-electron chi connectivity index (χ2n) is 6.41. The molecule has 1 amide bonds. The van der Waals surface area contributed by atoms with Crippen molar-refractivity contribution in [1.29, 1.82) is 0 Å². The molecule has 0 spiro atoms. The fraction of sp³-hybridized carbons (Fsp3) is 0.368. The van der Waals surface area contributed by atoms with Crippen LogP contribution in [0, 0.1) is 13.8 Å². The number of hydrogen-bond donors (Lipinski definition) is 1. The fourth-order valence-electron chi connectivity index (χ4n) is 3.03. The summed E-state index contributed by atoms with van der Waals surface area (Å²) in [6, 6.07) is 7.43. The van der Waals surface area contributed by atoms with Gasteiger partial charge in [0.1, 0.15) is 0 Å². The van der Waals surface area contributed by atoms with Crippen LogP contribution in [0.5, 0.6) is 0 Å². The molecule has 0 saturated heterocycles. The molecule has 1 atom stereocenters. The van der Waals surface area contributed by atoms with Gasteiger partial charge in [-0.25, -0.2) is 9.50 Å². The first kappa shape index (κ1) is 19.6. The number of aryl methyl sites for hydroxylation is 2. The number of carbonyl (C=O) groups is 1. The summed E-state index contributed by atoms with van der Waals surface area (Å²) in [6.07, 6.45) is 2.93. The van der Waals surface area contributed by atoms with Crippen LogP contribution >= 0.6 is 23.4 Å². The van der Waals surface area contributed by atoms with Crippen molar-refractivity contribution >= 4 is 35.0 Å². The molecule has 0 fully saturated rings. The Morgan fingerprint density at radius 2 is 1.96 bits per heavy atom. The van der Waals surface area contributed by atoms with Gasteiger partial charge in [-0.05, 0) is 56.7 Å². The van der Waals surface area contributed by atoms with E-state index >= 15 is 0 Å². The van der Waals surface area contributed by atoms with Gasteiger partial charge in [-0.1, -0.05) is 35.5 Å². The van der Waals surface area contributed by atoms with E-state index in [-0.39, 0.29) is 11.9 Å². The van der Waals surface area contributed by atoms with Crippen LogP contribution in [0.1, 0.15) is 41.9 Å². The lowest BCUT2D eigenvalue weighted by atomic mass is 10.1. The Morgan fingerprint density at radius 1 is 1.26 bits per heavy atom. The van der Waals surface area contributed by atoms with Crippen molar-refractivity contribution in [3.8, 4) is 0 Å². The van der Waals surface area contributed by atoms with E-state index in [4.69, 9.17) is 11.6 Å². The maximum atomic E-state index is 12.4. The van der Waals surface area contributed by atoms with Crippen molar-refractivity contribution in [2.75, 3.05) is 6.26 Å². The predicted molar refractivity (Wildman–Crippen MR) is 108 cm³/mol. The number of amides is 1. The van der Waals surface area contributed by atoms with Crippen LogP contribution in [0.15, 0.2) is 29.4 Å². The molecule has 0 aliphatic carbocycles. The average molecular weight is 404 g/mol. The number of rotatable bonds is 6. The number of thioether (sulfide) groups is 1. The van der Waals surface area contributed by atoms with E-state index in [9.17, 15) is 4.79 Å². The van der Waals surface area contributed by atoms with Gasteiger partial charge in [0.2, 0.25) is 11.1 Å². The van der Waals surface area contributed by atoms with Crippen LogP contribution in [0.3, 0.4) is 0 Å². The Morgan fingerprint density at radius 3 is 2.63 bits per heavy atom. The Labute approximate surface area is 167 Å². The average Bonchev–Trinajstić information content (AvgIpc) is 3.05. The topological polar surface area (TPSA) is 72.2 Å². The number of hydrogen-bond acceptors (Lipinski definition) is 5. The van der Waals surface area contributed by atoms with Crippen LogP contribution in [0.25, 0.3) is 5.78 Å². The summed E-state index contributed by atoms with van der Waals surface area (Å²) in [6.45, 7) is 5.90. The van der Waals surface area contributed by atoms with Gasteiger partial charge >= 0.3 is 0 Å². The van der Waals surface area contributed by atoms with Gasteiger partial charge in [-0.2, -0.15) is 4.98 Å². The Bertz CT molecular complexity index is 970. The highest BCUT2D eigenvalue weighted by Crippen LogP contribution is 2.19. The number of carbonyl (C=O) groups excluding carboxylic acids is 1. The van der Waals surface area contributed by atoms with Crippen molar-refractivity contribution in [2.45, 2.75) is 44.8 Å². The molecule has 1 unspecified atom stereocenters. The summed E-state index contributed by atoms with van der Waals surface area (Å²) in [5.41, 5.74) is 3.92. The molecule has 0 aliphatic rings. The summed E-state index contributed by atoms with van der Waals surface area (Å²) >= 11 is 7.40. The molecule has 3 aromatic rings. The van der Waals surface area contributed by atoms with E-state index < -0.39 is 0 Å². The van der Waals surface area contributed by atoms with Crippen molar-refractivity contribution in [3.05, 3.63) is 51.8 Å². The summed E-state index contributed by atoms with van der Waals surface area (Å²) in [4.78, 5) is 21.3. The number of fused-ring (bicyclic) bond motifs is 1. The number of nitrogens with one attached hydrogen (secondary N) is 1. The molecule has 0 saturated carbocycles. The third-order valence-electron chi connectivity index (χ3n) is 4.56. The quantitative estimate of drug-likeness (QED) is 0.631. The summed E-state index contributed by atoms with van der Waals surface area (Å²) in [5, 5.41) is 8.86. The standard InChI is InChI=1S/C19H22ClN5OS/c1-11(14-5-7-15(20)8-6-14)21-17(26)10-9-16-12(2)22-18-23-19(27-4)24-25(18)13(16)3/h5-8,11H,9-10H2,1-4H3,(H,21,26). The zero-order chi connectivity index (χ0) is 19.6. The van der Waals surface area contributed by atoms with Crippen LogP contribution in [0.4, 0.5) is 0 Å². The van der Waals surface area contributed by atoms with Gasteiger partial charge in [0.15, 0.2) is 0 Å². The molecule has 2 aromatic heterocycles. The largest absolute Gasteiger partial charge is 0.350 e. The maximum absolute atomic E-state index is 12.4. The van der Waals surface area contributed by atoms with Gasteiger partial charge in [-0.3, -0.25) is 4.79 Å². The van der Waals surface area contributed by atoms with E-state index in [2.05, 4.69) is 20.4 Å². The fourth-order valence-corrected chi connectivity index (χ4v) is 3.49. The van der Waals surface area contributed by atoms with E-state index in [1.165, 1.54) is 11.8 Å². The minimum atomic E-state index is -0.0722. The van der Waals surface area contributed by atoms with Crippen LogP contribution in [-0.4, -0.2) is 31.7 Å². The molecule has 1 aromatic carbocycles.